The summed E-state index contributed by atoms with van der Waals surface area (Å²) in [6, 6.07) is 0. The second-order valence-corrected chi connectivity index (χ2v) is 6.29. The number of hydrogen-bond acceptors (Lipinski definition) is 0. The Kier molecular flexibility index (Phi) is 4.26. The first-order valence-corrected chi connectivity index (χ1v) is 6.95. The fraction of sp³-hybridized carbons (Fsp3) is 1.00. The predicted molar refractivity (Wildman–Crippen MR) is 68.9 cm³/mol. The standard InChI is InChI=1S/C15H30/c1-7-11(3)12(4)9-14-10-13(5)15(14,6)8-2/h11-14H,7-10H2,1-6H3. The molecule has 0 N–H and O–H groups in total. The van der Waals surface area contributed by atoms with Crippen LogP contribution in [-0.4, -0.2) is 0 Å². The van der Waals surface area contributed by atoms with Crippen LogP contribution in [0, 0.1) is 29.1 Å². The van der Waals surface area contributed by atoms with Gasteiger partial charge >= 0.3 is 0 Å². The van der Waals surface area contributed by atoms with Gasteiger partial charge in [0.05, 0.1) is 0 Å². The maximum absolute atomic E-state index is 2.51. The molecule has 1 fully saturated rings. The Morgan fingerprint density at radius 1 is 1.20 bits per heavy atom. The van der Waals surface area contributed by atoms with Gasteiger partial charge in [-0.1, -0.05) is 54.4 Å². The van der Waals surface area contributed by atoms with E-state index in [0.29, 0.717) is 5.41 Å². The molecule has 0 heteroatoms. The van der Waals surface area contributed by atoms with Crippen LogP contribution in [0.4, 0.5) is 0 Å². The van der Waals surface area contributed by atoms with E-state index in [1.165, 1.54) is 25.7 Å². The van der Waals surface area contributed by atoms with E-state index >= 15 is 0 Å². The van der Waals surface area contributed by atoms with Crippen LogP contribution < -0.4 is 0 Å². The van der Waals surface area contributed by atoms with Crippen molar-refractivity contribution in [1.29, 1.82) is 0 Å². The Labute approximate surface area is 96.8 Å². The van der Waals surface area contributed by atoms with Crippen molar-refractivity contribution >= 4 is 0 Å². The summed E-state index contributed by atoms with van der Waals surface area (Å²) < 4.78 is 0. The third-order valence-electron chi connectivity index (χ3n) is 5.73. The Balaban J connectivity index is 2.47. The van der Waals surface area contributed by atoms with Gasteiger partial charge in [0.25, 0.3) is 0 Å². The van der Waals surface area contributed by atoms with Crippen LogP contribution in [-0.2, 0) is 0 Å². The molecule has 0 spiro atoms. The van der Waals surface area contributed by atoms with Crippen molar-refractivity contribution < 1.29 is 0 Å². The highest BCUT2D eigenvalue weighted by Gasteiger charge is 2.47. The molecule has 1 aliphatic carbocycles. The fourth-order valence-corrected chi connectivity index (χ4v) is 3.29. The van der Waals surface area contributed by atoms with Crippen molar-refractivity contribution in [3.8, 4) is 0 Å². The van der Waals surface area contributed by atoms with Crippen molar-refractivity contribution in [2.45, 2.75) is 67.2 Å². The average molecular weight is 210 g/mol. The molecule has 90 valence electrons. The monoisotopic (exact) mass is 210 g/mol. The second kappa shape index (κ2) is 4.89. The van der Waals surface area contributed by atoms with Crippen molar-refractivity contribution in [1.82, 2.24) is 0 Å². The quantitative estimate of drug-likeness (QED) is 0.590. The second-order valence-electron chi connectivity index (χ2n) is 6.29. The maximum atomic E-state index is 2.51. The summed E-state index contributed by atoms with van der Waals surface area (Å²) in [5.41, 5.74) is 0.654. The molecule has 5 atom stereocenters. The third kappa shape index (κ3) is 2.40. The molecule has 0 aromatic heterocycles. The lowest BCUT2D eigenvalue weighted by Crippen LogP contribution is -2.46. The van der Waals surface area contributed by atoms with Crippen LogP contribution in [0.2, 0.25) is 0 Å². The van der Waals surface area contributed by atoms with Crippen LogP contribution in [0.5, 0.6) is 0 Å². The molecule has 0 saturated heterocycles. The Hall–Kier alpha value is 0. The topological polar surface area (TPSA) is 0 Å². The Morgan fingerprint density at radius 2 is 1.80 bits per heavy atom. The Morgan fingerprint density at radius 3 is 2.20 bits per heavy atom. The molecule has 5 unspecified atom stereocenters. The van der Waals surface area contributed by atoms with Crippen LogP contribution in [0.1, 0.15) is 67.2 Å². The average Bonchev–Trinajstić information content (AvgIpc) is 2.25. The Bertz CT molecular complexity index is 196. The normalized spacial score (nSPS) is 39.6. The molecule has 1 saturated carbocycles. The minimum atomic E-state index is 0.654. The molecule has 1 aliphatic rings. The molecule has 1 rings (SSSR count). The lowest BCUT2D eigenvalue weighted by atomic mass is 9.51. The van der Waals surface area contributed by atoms with Gasteiger partial charge in [-0.3, -0.25) is 0 Å². The summed E-state index contributed by atoms with van der Waals surface area (Å²) in [5.74, 6) is 3.78. The summed E-state index contributed by atoms with van der Waals surface area (Å²) in [6.45, 7) is 14.5. The smallest absolute Gasteiger partial charge is 0.0274 e. The molecule has 0 aliphatic heterocycles. The first-order chi connectivity index (χ1) is 6.95. The molecular weight excluding hydrogens is 180 g/mol. The van der Waals surface area contributed by atoms with Gasteiger partial charge in [-0.15, -0.1) is 0 Å². The van der Waals surface area contributed by atoms with E-state index < -0.39 is 0 Å². The zero-order chi connectivity index (χ0) is 11.6. The molecule has 0 aromatic rings. The minimum absolute atomic E-state index is 0.654. The van der Waals surface area contributed by atoms with E-state index in [-0.39, 0.29) is 0 Å². The first kappa shape index (κ1) is 13.1. The van der Waals surface area contributed by atoms with E-state index in [1.807, 2.05) is 0 Å². The van der Waals surface area contributed by atoms with Crippen molar-refractivity contribution in [3.05, 3.63) is 0 Å². The van der Waals surface area contributed by atoms with Gasteiger partial charge in [-0.05, 0) is 41.9 Å². The summed E-state index contributed by atoms with van der Waals surface area (Å²) in [6.07, 6.45) is 5.65. The molecule has 0 nitrogen and oxygen atoms in total. The van der Waals surface area contributed by atoms with Crippen LogP contribution in [0.15, 0.2) is 0 Å². The van der Waals surface area contributed by atoms with Crippen molar-refractivity contribution in [2.24, 2.45) is 29.1 Å². The lowest BCUT2D eigenvalue weighted by Gasteiger charge is -2.54. The van der Waals surface area contributed by atoms with E-state index in [0.717, 1.165) is 23.7 Å². The van der Waals surface area contributed by atoms with Crippen LogP contribution in [0.25, 0.3) is 0 Å². The van der Waals surface area contributed by atoms with E-state index in [2.05, 4.69) is 41.5 Å². The zero-order valence-corrected chi connectivity index (χ0v) is 11.6. The molecular formula is C15H30. The zero-order valence-electron chi connectivity index (χ0n) is 11.6. The lowest BCUT2D eigenvalue weighted by molar-refractivity contribution is -0.0460. The van der Waals surface area contributed by atoms with Gasteiger partial charge in [-0.25, -0.2) is 0 Å². The largest absolute Gasteiger partial charge is 0.0651 e. The minimum Gasteiger partial charge on any atom is -0.0651 e. The highest BCUT2D eigenvalue weighted by molar-refractivity contribution is 4.97. The maximum Gasteiger partial charge on any atom is -0.0274 e. The number of rotatable bonds is 5. The predicted octanol–water partition coefficient (Wildman–Crippen LogP) is 5.13. The molecule has 0 radical (unpaired) electrons. The van der Waals surface area contributed by atoms with Crippen LogP contribution in [0.3, 0.4) is 0 Å². The molecule has 0 bridgehead atoms. The molecule has 0 heterocycles. The van der Waals surface area contributed by atoms with Gasteiger partial charge in [-0.2, -0.15) is 0 Å². The van der Waals surface area contributed by atoms with Gasteiger partial charge in [0.1, 0.15) is 0 Å². The van der Waals surface area contributed by atoms with E-state index in [1.54, 1.807) is 0 Å². The van der Waals surface area contributed by atoms with Crippen molar-refractivity contribution in [2.75, 3.05) is 0 Å². The molecule has 15 heavy (non-hydrogen) atoms. The van der Waals surface area contributed by atoms with Crippen molar-refractivity contribution in [3.63, 3.8) is 0 Å². The third-order valence-corrected chi connectivity index (χ3v) is 5.73. The van der Waals surface area contributed by atoms with Gasteiger partial charge < -0.3 is 0 Å². The number of hydrogen-bond donors (Lipinski definition) is 0. The summed E-state index contributed by atoms with van der Waals surface area (Å²) in [4.78, 5) is 0. The van der Waals surface area contributed by atoms with E-state index in [4.69, 9.17) is 0 Å². The SMILES string of the molecule is CCC(C)C(C)CC1CC(C)C1(C)CC. The molecule has 0 aromatic carbocycles. The highest BCUT2D eigenvalue weighted by atomic mass is 14.5. The van der Waals surface area contributed by atoms with E-state index in [9.17, 15) is 0 Å². The van der Waals surface area contributed by atoms with Gasteiger partial charge in [0.2, 0.25) is 0 Å². The van der Waals surface area contributed by atoms with Crippen LogP contribution >= 0.6 is 0 Å². The highest BCUT2D eigenvalue weighted by Crippen LogP contribution is 2.56. The summed E-state index contributed by atoms with van der Waals surface area (Å²) in [7, 11) is 0. The molecule has 0 amide bonds. The first-order valence-electron chi connectivity index (χ1n) is 6.95. The summed E-state index contributed by atoms with van der Waals surface area (Å²) >= 11 is 0. The summed E-state index contributed by atoms with van der Waals surface area (Å²) in [5, 5.41) is 0. The van der Waals surface area contributed by atoms with Gasteiger partial charge in [0.15, 0.2) is 0 Å². The van der Waals surface area contributed by atoms with Gasteiger partial charge in [0, 0.05) is 0 Å². The fourth-order valence-electron chi connectivity index (χ4n) is 3.29.